The summed E-state index contributed by atoms with van der Waals surface area (Å²) in [7, 11) is 0. The summed E-state index contributed by atoms with van der Waals surface area (Å²) in [6.45, 7) is 3.75. The molecule has 1 saturated carbocycles. The van der Waals surface area contributed by atoms with Crippen molar-refractivity contribution in [3.05, 3.63) is 72.4 Å². The number of carbonyl (C=O) groups is 2. The lowest BCUT2D eigenvalue weighted by atomic mass is 9.97. The molecule has 1 amide bonds. The Hall–Kier alpha value is -4.79. The number of imidazole rings is 1. The zero-order valence-electron chi connectivity index (χ0n) is 24.8. The molecule has 0 radical (unpaired) electrons. The van der Waals surface area contributed by atoms with Crippen molar-refractivity contribution in [1.29, 1.82) is 0 Å². The lowest BCUT2D eigenvalue weighted by Gasteiger charge is -2.33. The number of ether oxygens (including phenoxy) is 1. The fourth-order valence-electron chi connectivity index (χ4n) is 6.87. The highest BCUT2D eigenvalue weighted by atomic mass is 16.5. The highest BCUT2D eigenvalue weighted by Crippen LogP contribution is 2.41. The van der Waals surface area contributed by atoms with Gasteiger partial charge in [0.2, 0.25) is 5.91 Å². The number of amides is 1. The summed E-state index contributed by atoms with van der Waals surface area (Å²) >= 11 is 0. The molecule has 2 fully saturated rings. The van der Waals surface area contributed by atoms with E-state index in [-0.39, 0.29) is 17.8 Å². The van der Waals surface area contributed by atoms with Crippen LogP contribution in [0.4, 0.5) is 17.1 Å². The molecule has 2 aliphatic heterocycles. The number of aromatic amines is 1. The van der Waals surface area contributed by atoms with Gasteiger partial charge in [-0.25, -0.2) is 4.98 Å². The standard InChI is InChI=1S/C35H36N6O3/c1-2-44-35(43)21-6-5-15-40(20-21)25-12-14-31-30(18-25)38-33-27-17-24(37-23-9-10-23)11-13-29(27)39-34(42)32(41(31)33)16-22-19-36-28-8-4-3-7-26(22)28/h3-4,7-8,11-14,17-19,21,23,32,36-37H,2,5-6,9-10,15-16,20H2,1H3,(H,39,42). The molecule has 44 heavy (non-hydrogen) atoms. The van der Waals surface area contributed by atoms with Crippen LogP contribution in [0.3, 0.4) is 0 Å². The molecule has 3 aliphatic rings. The lowest BCUT2D eigenvalue weighted by Crippen LogP contribution is -2.39. The Balaban J connectivity index is 1.23. The van der Waals surface area contributed by atoms with E-state index in [1.165, 1.54) is 12.8 Å². The van der Waals surface area contributed by atoms with Gasteiger partial charge in [0.1, 0.15) is 11.9 Å². The molecule has 8 rings (SSSR count). The first kappa shape index (κ1) is 26.8. The largest absolute Gasteiger partial charge is 0.466 e. The zero-order chi connectivity index (χ0) is 29.8. The molecule has 2 unspecified atom stereocenters. The first-order chi connectivity index (χ1) is 21.6. The van der Waals surface area contributed by atoms with Crippen LogP contribution in [0, 0.1) is 5.92 Å². The SMILES string of the molecule is CCOC(=O)C1CCCN(c2ccc3c(c2)nc2n3C(Cc3c[nH]c4ccccc34)C(=O)Nc3ccc(NC4CC4)cc3-2)C1. The van der Waals surface area contributed by atoms with Crippen LogP contribution < -0.4 is 15.5 Å². The molecule has 0 spiro atoms. The molecule has 9 nitrogen and oxygen atoms in total. The van der Waals surface area contributed by atoms with E-state index in [2.05, 4.69) is 61.5 Å². The van der Waals surface area contributed by atoms with Gasteiger partial charge >= 0.3 is 5.97 Å². The van der Waals surface area contributed by atoms with Crippen molar-refractivity contribution >= 4 is 50.9 Å². The molecule has 1 saturated heterocycles. The van der Waals surface area contributed by atoms with Crippen molar-refractivity contribution in [2.45, 2.75) is 51.1 Å². The van der Waals surface area contributed by atoms with E-state index >= 15 is 0 Å². The number of hydrogen-bond donors (Lipinski definition) is 3. The maximum absolute atomic E-state index is 14.0. The second kappa shape index (κ2) is 10.7. The number of nitrogens with one attached hydrogen (secondary N) is 3. The maximum Gasteiger partial charge on any atom is 0.310 e. The summed E-state index contributed by atoms with van der Waals surface area (Å²) in [6.07, 6.45) is 6.66. The number of nitrogens with zero attached hydrogens (tertiary/aromatic N) is 3. The predicted octanol–water partition coefficient (Wildman–Crippen LogP) is 6.27. The van der Waals surface area contributed by atoms with E-state index in [4.69, 9.17) is 9.72 Å². The number of anilines is 3. The number of esters is 1. The monoisotopic (exact) mass is 588 g/mol. The number of fused-ring (bicyclic) bond motifs is 6. The molecular weight excluding hydrogens is 552 g/mol. The predicted molar refractivity (Wildman–Crippen MR) is 173 cm³/mol. The van der Waals surface area contributed by atoms with Gasteiger partial charge in [-0.05, 0) is 80.6 Å². The normalized spacial score (nSPS) is 19.8. The van der Waals surface area contributed by atoms with E-state index in [9.17, 15) is 9.59 Å². The Morgan fingerprint density at radius 3 is 2.84 bits per heavy atom. The van der Waals surface area contributed by atoms with Crippen molar-refractivity contribution in [3.63, 3.8) is 0 Å². The number of piperidine rings is 1. The van der Waals surface area contributed by atoms with Crippen LogP contribution in [-0.4, -0.2) is 52.1 Å². The summed E-state index contributed by atoms with van der Waals surface area (Å²) in [5.74, 6) is 0.463. The Labute approximate surface area is 255 Å². The van der Waals surface area contributed by atoms with Crippen LogP contribution in [-0.2, 0) is 20.7 Å². The minimum atomic E-state index is -0.504. The number of hydrogen-bond acceptors (Lipinski definition) is 6. The number of H-pyrrole nitrogens is 1. The third-order valence-corrected chi connectivity index (χ3v) is 9.25. The minimum absolute atomic E-state index is 0.0603. The van der Waals surface area contributed by atoms with E-state index in [0.29, 0.717) is 25.6 Å². The molecule has 0 bridgehead atoms. The topological polar surface area (TPSA) is 104 Å². The van der Waals surface area contributed by atoms with E-state index < -0.39 is 6.04 Å². The molecule has 1 aliphatic carbocycles. The molecule has 5 aromatic rings. The molecule has 9 heteroatoms. The molecular formula is C35H36N6O3. The van der Waals surface area contributed by atoms with Crippen LogP contribution in [0.1, 0.15) is 44.2 Å². The summed E-state index contributed by atoms with van der Waals surface area (Å²) in [5.41, 5.74) is 7.63. The Morgan fingerprint density at radius 1 is 1.09 bits per heavy atom. The number of benzene rings is 3. The Kier molecular flexibility index (Phi) is 6.54. The quantitative estimate of drug-likeness (QED) is 0.194. The summed E-state index contributed by atoms with van der Waals surface area (Å²) in [4.78, 5) is 37.4. The number of para-hydroxylation sites is 1. The van der Waals surface area contributed by atoms with Crippen molar-refractivity contribution < 1.29 is 14.3 Å². The number of carbonyl (C=O) groups excluding carboxylic acids is 2. The molecule has 224 valence electrons. The lowest BCUT2D eigenvalue weighted by molar-refractivity contribution is -0.148. The summed E-state index contributed by atoms with van der Waals surface area (Å²) in [6, 6.07) is 20.7. The van der Waals surface area contributed by atoms with Gasteiger partial charge in [0.05, 0.1) is 29.2 Å². The third-order valence-electron chi connectivity index (χ3n) is 9.25. The van der Waals surface area contributed by atoms with Crippen molar-refractivity contribution in [2.75, 3.05) is 35.2 Å². The highest BCUT2D eigenvalue weighted by Gasteiger charge is 2.33. The maximum atomic E-state index is 14.0. The van der Waals surface area contributed by atoms with E-state index in [1.807, 2.05) is 37.4 Å². The summed E-state index contributed by atoms with van der Waals surface area (Å²) < 4.78 is 7.46. The average molecular weight is 589 g/mol. The van der Waals surface area contributed by atoms with Gasteiger partial charge < -0.3 is 29.8 Å². The smallest absolute Gasteiger partial charge is 0.310 e. The fraction of sp³-hybridized carbons (Fsp3) is 0.343. The second-order valence-electron chi connectivity index (χ2n) is 12.3. The fourth-order valence-corrected chi connectivity index (χ4v) is 6.87. The molecule has 4 heterocycles. The zero-order valence-corrected chi connectivity index (χ0v) is 24.8. The first-order valence-electron chi connectivity index (χ1n) is 15.8. The Bertz CT molecular complexity index is 1900. The average Bonchev–Trinajstić information content (AvgIpc) is 3.67. The molecule has 3 aromatic carbocycles. The van der Waals surface area contributed by atoms with Gasteiger partial charge in [-0.2, -0.15) is 0 Å². The van der Waals surface area contributed by atoms with Crippen molar-refractivity contribution in [2.24, 2.45) is 5.92 Å². The number of aromatic nitrogens is 3. The van der Waals surface area contributed by atoms with Gasteiger partial charge in [0.25, 0.3) is 0 Å². The number of rotatable bonds is 7. The third kappa shape index (κ3) is 4.76. The van der Waals surface area contributed by atoms with Crippen molar-refractivity contribution in [1.82, 2.24) is 14.5 Å². The van der Waals surface area contributed by atoms with Crippen LogP contribution >= 0.6 is 0 Å². The van der Waals surface area contributed by atoms with Gasteiger partial charge in [0, 0.05) is 59.6 Å². The first-order valence-corrected chi connectivity index (χ1v) is 15.8. The molecule has 2 aromatic heterocycles. The van der Waals surface area contributed by atoms with Gasteiger partial charge in [-0.1, -0.05) is 18.2 Å². The van der Waals surface area contributed by atoms with Gasteiger partial charge in [0.15, 0.2) is 0 Å². The van der Waals surface area contributed by atoms with Crippen LogP contribution in [0.2, 0.25) is 0 Å². The van der Waals surface area contributed by atoms with E-state index in [0.717, 1.165) is 75.3 Å². The van der Waals surface area contributed by atoms with E-state index in [1.54, 1.807) is 0 Å². The van der Waals surface area contributed by atoms with Crippen LogP contribution in [0.15, 0.2) is 66.9 Å². The minimum Gasteiger partial charge on any atom is -0.466 e. The van der Waals surface area contributed by atoms with Crippen molar-refractivity contribution in [3.8, 4) is 11.4 Å². The Morgan fingerprint density at radius 2 is 1.98 bits per heavy atom. The van der Waals surface area contributed by atoms with Gasteiger partial charge in [-0.15, -0.1) is 0 Å². The van der Waals surface area contributed by atoms with Crippen LogP contribution in [0.5, 0.6) is 0 Å². The summed E-state index contributed by atoms with van der Waals surface area (Å²) in [5, 5.41) is 7.95. The van der Waals surface area contributed by atoms with Crippen LogP contribution in [0.25, 0.3) is 33.3 Å². The van der Waals surface area contributed by atoms with Gasteiger partial charge in [-0.3, -0.25) is 9.59 Å². The molecule has 3 N–H and O–H groups in total. The molecule has 2 atom stereocenters. The second-order valence-corrected chi connectivity index (χ2v) is 12.3. The highest BCUT2D eigenvalue weighted by molar-refractivity contribution is 6.02.